The average molecular weight is 193 g/mol. The molecule has 0 radical (unpaired) electrons. The van der Waals surface area contributed by atoms with Gasteiger partial charge in [0.25, 0.3) is 0 Å². The van der Waals surface area contributed by atoms with Crippen molar-refractivity contribution in [3.8, 4) is 0 Å². The second kappa shape index (κ2) is 6.91. The van der Waals surface area contributed by atoms with E-state index >= 15 is 0 Å². The van der Waals surface area contributed by atoms with Crippen LogP contribution in [0.4, 0.5) is 0 Å². The van der Waals surface area contributed by atoms with Gasteiger partial charge < -0.3 is 11.7 Å². The first-order valence-electron chi connectivity index (χ1n) is 4.68. The van der Waals surface area contributed by atoms with Crippen molar-refractivity contribution in [3.63, 3.8) is 0 Å². The van der Waals surface area contributed by atoms with Gasteiger partial charge >= 0.3 is 24.8 Å². The Morgan fingerprint density at radius 1 is 1.36 bits per heavy atom. The Balaban J connectivity index is 0. The van der Waals surface area contributed by atoms with E-state index in [0.29, 0.717) is 12.3 Å². The summed E-state index contributed by atoms with van der Waals surface area (Å²) in [6.07, 6.45) is 6.12. The third-order valence-electron chi connectivity index (χ3n) is 2.57. The van der Waals surface area contributed by atoms with Crippen molar-refractivity contribution in [1.29, 1.82) is 0 Å². The fourth-order valence-electron chi connectivity index (χ4n) is 1.84. The Morgan fingerprint density at radius 3 is 2.36 bits per heavy atom. The van der Waals surface area contributed by atoms with Crippen molar-refractivity contribution in [1.82, 2.24) is 0 Å². The molecular formula is C9H16LiNO3. The molecule has 0 saturated heterocycles. The number of nitrogens with zero attached hydrogens (tertiary/aromatic N) is 1. The zero-order valence-corrected chi connectivity index (χ0v) is 8.57. The molecule has 0 unspecified atom stereocenters. The summed E-state index contributed by atoms with van der Waals surface area (Å²) in [6, 6.07) is 0. The van der Waals surface area contributed by atoms with Gasteiger partial charge in [0, 0.05) is 6.42 Å². The van der Waals surface area contributed by atoms with Crippen LogP contribution in [0, 0.1) is 5.92 Å². The molecule has 0 aromatic carbocycles. The molecule has 76 valence electrons. The van der Waals surface area contributed by atoms with E-state index in [9.17, 15) is 4.79 Å². The van der Waals surface area contributed by atoms with E-state index in [1.54, 1.807) is 0 Å². The molecule has 1 aliphatic carbocycles. The molecule has 0 heterocycles. The number of rotatable bonds is 3. The molecule has 1 saturated carbocycles. The van der Waals surface area contributed by atoms with E-state index in [1.165, 1.54) is 19.3 Å². The first kappa shape index (κ1) is 13.5. The molecule has 5 heteroatoms. The van der Waals surface area contributed by atoms with Gasteiger partial charge in [0.1, 0.15) is 0 Å². The molecule has 0 aliphatic heterocycles. The van der Waals surface area contributed by atoms with Crippen molar-refractivity contribution in [3.05, 3.63) is 0 Å². The Labute approximate surface area is 97.0 Å². The summed E-state index contributed by atoms with van der Waals surface area (Å²) < 4.78 is 0. The summed E-state index contributed by atoms with van der Waals surface area (Å²) in [5, 5.41) is 19.8. The molecule has 14 heavy (non-hydrogen) atoms. The van der Waals surface area contributed by atoms with Crippen LogP contribution in [0.25, 0.3) is 0 Å². The summed E-state index contributed by atoms with van der Waals surface area (Å²) in [5.74, 6) is -0.705. The second-order valence-corrected chi connectivity index (χ2v) is 3.56. The minimum atomic E-state index is -1.10. The van der Waals surface area contributed by atoms with Gasteiger partial charge in [-0.2, -0.15) is 0 Å². The van der Waals surface area contributed by atoms with Crippen LogP contribution in [-0.4, -0.2) is 22.0 Å². The smallest absolute Gasteiger partial charge is 1.00 e. The largest absolute Gasteiger partial charge is 1.00 e. The van der Waals surface area contributed by atoms with Crippen LogP contribution < -0.4 is 18.9 Å². The van der Waals surface area contributed by atoms with Crippen molar-refractivity contribution >= 4 is 11.7 Å². The normalized spacial score (nSPS) is 18.7. The van der Waals surface area contributed by atoms with Crippen LogP contribution >= 0.6 is 0 Å². The van der Waals surface area contributed by atoms with E-state index in [1.807, 2.05) is 0 Å². The standard InChI is InChI=1S/C9H15NO3.Li.H/c11-9(12)8(10-13)6-7-4-2-1-3-5-7;;/h7,13H,1-6H2,(H,11,12);;/q;+1;-1. The number of hydrogen-bond donors (Lipinski definition) is 2. The topological polar surface area (TPSA) is 69.9 Å². The molecule has 1 aliphatic rings. The number of carboxylic acids is 1. The van der Waals surface area contributed by atoms with Gasteiger partial charge in [-0.3, -0.25) is 0 Å². The number of carbonyl (C=O) groups is 1. The van der Waals surface area contributed by atoms with E-state index in [4.69, 9.17) is 10.3 Å². The van der Waals surface area contributed by atoms with E-state index in [-0.39, 0.29) is 26.0 Å². The van der Waals surface area contributed by atoms with Crippen LogP contribution in [0.15, 0.2) is 5.16 Å². The fraction of sp³-hybridized carbons (Fsp3) is 0.778. The van der Waals surface area contributed by atoms with Crippen LogP contribution in [0.3, 0.4) is 0 Å². The van der Waals surface area contributed by atoms with Gasteiger partial charge in [0.05, 0.1) is 0 Å². The minimum absolute atomic E-state index is 0. The summed E-state index contributed by atoms with van der Waals surface area (Å²) >= 11 is 0. The molecule has 1 fully saturated rings. The fourth-order valence-corrected chi connectivity index (χ4v) is 1.84. The maximum atomic E-state index is 10.5. The van der Waals surface area contributed by atoms with Gasteiger partial charge in [-0.05, 0) is 5.92 Å². The number of oxime groups is 1. The monoisotopic (exact) mass is 193 g/mol. The maximum absolute atomic E-state index is 10.5. The van der Waals surface area contributed by atoms with Crippen molar-refractivity contribution < 1.29 is 35.4 Å². The van der Waals surface area contributed by atoms with Crippen LogP contribution in [0.2, 0.25) is 0 Å². The van der Waals surface area contributed by atoms with Crippen molar-refractivity contribution in [2.45, 2.75) is 38.5 Å². The Hall–Kier alpha value is -0.463. The number of carboxylic acid groups (broad SMARTS) is 1. The first-order valence-corrected chi connectivity index (χ1v) is 4.68. The van der Waals surface area contributed by atoms with Crippen LogP contribution in [0.1, 0.15) is 40.0 Å². The summed E-state index contributed by atoms with van der Waals surface area (Å²) in [4.78, 5) is 10.5. The Morgan fingerprint density at radius 2 is 1.93 bits per heavy atom. The Bertz CT molecular complexity index is 217. The zero-order chi connectivity index (χ0) is 9.68. The third-order valence-corrected chi connectivity index (χ3v) is 2.57. The van der Waals surface area contributed by atoms with E-state index in [2.05, 4.69) is 5.16 Å². The Kier molecular flexibility index (Phi) is 6.68. The van der Waals surface area contributed by atoms with Gasteiger partial charge in [-0.25, -0.2) is 4.79 Å². The van der Waals surface area contributed by atoms with Crippen LogP contribution in [0.5, 0.6) is 0 Å². The quantitative estimate of drug-likeness (QED) is 0.261. The van der Waals surface area contributed by atoms with Crippen molar-refractivity contribution in [2.75, 3.05) is 0 Å². The van der Waals surface area contributed by atoms with Crippen molar-refractivity contribution in [2.24, 2.45) is 11.1 Å². The SMILES string of the molecule is O=C(O)C(CC1CCCCC1)=NO.[H-].[Li+]. The van der Waals surface area contributed by atoms with E-state index < -0.39 is 5.97 Å². The molecule has 4 nitrogen and oxygen atoms in total. The minimum Gasteiger partial charge on any atom is -1.00 e. The third kappa shape index (κ3) is 4.17. The van der Waals surface area contributed by atoms with Gasteiger partial charge in [-0.15, -0.1) is 0 Å². The predicted molar refractivity (Wildman–Crippen MR) is 49.2 cm³/mol. The van der Waals surface area contributed by atoms with E-state index in [0.717, 1.165) is 12.8 Å². The molecular weight excluding hydrogens is 177 g/mol. The van der Waals surface area contributed by atoms with Gasteiger partial charge in [0.15, 0.2) is 5.71 Å². The maximum Gasteiger partial charge on any atom is 1.00 e. The summed E-state index contributed by atoms with van der Waals surface area (Å²) in [7, 11) is 0. The number of hydrogen-bond acceptors (Lipinski definition) is 3. The molecule has 0 bridgehead atoms. The predicted octanol–water partition coefficient (Wildman–Crippen LogP) is -1.01. The molecule has 0 spiro atoms. The van der Waals surface area contributed by atoms with Gasteiger partial charge in [-0.1, -0.05) is 37.3 Å². The summed E-state index contributed by atoms with van der Waals surface area (Å²) in [5.41, 5.74) is -0.105. The zero-order valence-electron chi connectivity index (χ0n) is 9.57. The second-order valence-electron chi connectivity index (χ2n) is 3.56. The summed E-state index contributed by atoms with van der Waals surface area (Å²) in [6.45, 7) is 0. The molecule has 0 aromatic heterocycles. The van der Waals surface area contributed by atoms with Gasteiger partial charge in [0.2, 0.25) is 0 Å². The molecule has 0 atom stereocenters. The molecule has 1 rings (SSSR count). The molecule has 2 N–H and O–H groups in total. The first-order chi connectivity index (χ1) is 6.24. The number of aliphatic carboxylic acids is 1. The average Bonchev–Trinajstić information content (AvgIpc) is 2.15. The molecule has 0 amide bonds. The van der Waals surface area contributed by atoms with Crippen LogP contribution in [-0.2, 0) is 4.79 Å². The molecule has 0 aromatic rings.